The molecule has 34 heteroatoms. The molecule has 0 unspecified atom stereocenters. The zero-order valence-electron chi connectivity index (χ0n) is 44.6. The van der Waals surface area contributed by atoms with Gasteiger partial charge in [-0.1, -0.05) is 0 Å². The second kappa shape index (κ2) is 24.6. The zero-order chi connectivity index (χ0) is 61.6. The van der Waals surface area contributed by atoms with Crippen molar-refractivity contribution in [3.8, 4) is 68.6 Å². The first kappa shape index (κ1) is 61.6. The lowest BCUT2D eigenvalue weighted by Crippen LogP contribution is -2.37. The Balaban J connectivity index is 0.000000245. The maximum absolute atomic E-state index is 13.6. The molecule has 84 heavy (non-hydrogen) atoms. The van der Waals surface area contributed by atoms with Gasteiger partial charge in [-0.25, -0.2) is 47.2 Å². The van der Waals surface area contributed by atoms with E-state index in [4.69, 9.17) is 28.4 Å². The van der Waals surface area contributed by atoms with E-state index in [0.29, 0.717) is 34.4 Å². The van der Waals surface area contributed by atoms with Gasteiger partial charge in [0.2, 0.25) is 33.7 Å². The van der Waals surface area contributed by atoms with Gasteiger partial charge in [0.15, 0.2) is 28.8 Å². The van der Waals surface area contributed by atoms with Crippen LogP contribution >= 0.6 is 0 Å². The van der Waals surface area contributed by atoms with Crippen LogP contribution in [0.3, 0.4) is 0 Å². The third kappa shape index (κ3) is 14.7. The summed E-state index contributed by atoms with van der Waals surface area (Å²) in [5, 5.41) is 22.8. The van der Waals surface area contributed by atoms with E-state index < -0.39 is 69.0 Å². The molecule has 0 aliphatic rings. The Morgan fingerprint density at radius 1 is 0.536 bits per heavy atom. The fraction of sp³-hybridized carbons (Fsp3) is 0.240. The number of hydrogen-bond acceptors (Lipinski definition) is 20. The molecular formula is C50H44F9N13O11S. The van der Waals surface area contributed by atoms with Gasteiger partial charge < -0.3 is 44.2 Å². The number of carbonyl (C=O) groups is 2. The van der Waals surface area contributed by atoms with E-state index in [0.717, 1.165) is 47.1 Å². The minimum Gasteiger partial charge on any atom is -0.497 e. The summed E-state index contributed by atoms with van der Waals surface area (Å²) >= 11 is 0. The number of alkyl halides is 9. The number of carboxylic acids is 1. The Kier molecular flexibility index (Phi) is 18.0. The number of anilines is 4. The molecule has 0 saturated heterocycles. The molecule has 0 fully saturated rings. The zero-order valence-corrected chi connectivity index (χ0v) is 45.4. The van der Waals surface area contributed by atoms with E-state index in [1.165, 1.54) is 72.6 Å². The molecule has 2 aromatic carbocycles. The number of pyridine rings is 2. The number of amides is 1. The molecule has 8 rings (SSSR count). The third-order valence-electron chi connectivity index (χ3n) is 11.3. The summed E-state index contributed by atoms with van der Waals surface area (Å²) in [6.07, 6.45) is -9.78. The predicted octanol–water partition coefficient (Wildman–Crippen LogP) is 8.96. The van der Waals surface area contributed by atoms with Gasteiger partial charge in [0.25, 0.3) is 5.91 Å². The van der Waals surface area contributed by atoms with Gasteiger partial charge in [-0.2, -0.15) is 59.7 Å². The van der Waals surface area contributed by atoms with E-state index >= 15 is 0 Å². The summed E-state index contributed by atoms with van der Waals surface area (Å²) in [5.74, 6) is -4.43. The van der Waals surface area contributed by atoms with Crippen LogP contribution in [0, 0.1) is 13.8 Å². The number of nitrogens with zero attached hydrogens (tertiary/aromatic N) is 10. The Morgan fingerprint density at radius 2 is 0.917 bits per heavy atom. The number of rotatable bonds is 18. The molecule has 8 aromatic rings. The largest absolute Gasteiger partial charge is 0.497 e. The van der Waals surface area contributed by atoms with Gasteiger partial charge in [0.05, 0.1) is 42.7 Å². The number of aromatic carboxylic acids is 1. The van der Waals surface area contributed by atoms with Crippen LogP contribution in [0.15, 0.2) is 85.5 Å². The number of carbonyl (C=O) groups excluding carboxylic acids is 1. The lowest BCUT2D eigenvalue weighted by molar-refractivity contribution is -0.142. The topological polar surface area (TPSA) is 293 Å². The highest BCUT2D eigenvalue weighted by molar-refractivity contribution is 7.90. The molecule has 6 heterocycles. The molecule has 0 radical (unpaired) electrons. The Labute approximate surface area is 468 Å². The monoisotopic (exact) mass is 1210 g/mol. The van der Waals surface area contributed by atoms with Crippen molar-refractivity contribution in [3.05, 3.63) is 119 Å². The molecule has 0 atom stereocenters. The average Bonchev–Trinajstić information content (AvgIpc) is 3.36. The van der Waals surface area contributed by atoms with Crippen molar-refractivity contribution in [2.45, 2.75) is 32.4 Å². The van der Waals surface area contributed by atoms with E-state index in [1.54, 1.807) is 36.4 Å². The van der Waals surface area contributed by atoms with Crippen LogP contribution in [0.2, 0.25) is 0 Å². The summed E-state index contributed by atoms with van der Waals surface area (Å²) in [7, 11) is 2.95. The Hall–Kier alpha value is -10.0. The summed E-state index contributed by atoms with van der Waals surface area (Å²) < 4.78 is 177. The van der Waals surface area contributed by atoms with Gasteiger partial charge in [-0.3, -0.25) is 4.79 Å². The van der Waals surface area contributed by atoms with Crippen molar-refractivity contribution in [3.63, 3.8) is 0 Å². The molecule has 0 spiro atoms. The molecule has 0 saturated carbocycles. The number of benzene rings is 2. The number of aromatic nitrogens is 10. The molecule has 6 aromatic heterocycles. The van der Waals surface area contributed by atoms with E-state index in [1.807, 2.05) is 0 Å². The minimum absolute atomic E-state index is 0.0149. The predicted molar refractivity (Wildman–Crippen MR) is 277 cm³/mol. The van der Waals surface area contributed by atoms with Crippen molar-refractivity contribution < 1.29 is 91.0 Å². The minimum atomic E-state index is -5.18. The van der Waals surface area contributed by atoms with Crippen LogP contribution in [0.1, 0.15) is 43.5 Å². The third-order valence-corrected chi connectivity index (χ3v) is 12.5. The summed E-state index contributed by atoms with van der Waals surface area (Å²) in [5.41, 5.74) is -2.00. The van der Waals surface area contributed by atoms with Crippen LogP contribution in [-0.2, 0) is 22.4 Å². The summed E-state index contributed by atoms with van der Waals surface area (Å²) in [6.45, 7) is 2.76. The number of methoxy groups -OCH3 is 6. The fourth-order valence-corrected chi connectivity index (χ4v) is 8.45. The SMILES string of the molecule is COc1cc(Nc2ncc(-c3cnc(OC)c(C(=O)NS(=O)(=O)CC(F)(F)F)c3)c(-n3nc(C(F)(F)F)cc3C)n2)cc(OC)c1.COc1cc(Nc2ncc(-c3cnc(OC)c(C(=O)O)c3)c(-n3nc(C(F)(F)F)cc3C)n2)cc(OC)c1. The van der Waals surface area contributed by atoms with Gasteiger partial charge in [0.1, 0.15) is 34.1 Å². The highest BCUT2D eigenvalue weighted by Gasteiger charge is 2.38. The second-order valence-corrected chi connectivity index (χ2v) is 18.9. The number of aryl methyl sites for hydroxylation is 2. The van der Waals surface area contributed by atoms with Crippen molar-refractivity contribution in [2.24, 2.45) is 0 Å². The van der Waals surface area contributed by atoms with Crippen LogP contribution < -0.4 is 43.8 Å². The molecule has 24 nitrogen and oxygen atoms in total. The van der Waals surface area contributed by atoms with Gasteiger partial charge in [-0.05, 0) is 38.1 Å². The Bertz CT molecular complexity index is 3830. The lowest BCUT2D eigenvalue weighted by Gasteiger charge is -2.15. The van der Waals surface area contributed by atoms with Gasteiger partial charge in [0, 0.05) is 106 Å². The van der Waals surface area contributed by atoms with Crippen LogP contribution in [-0.4, -0.2) is 129 Å². The Morgan fingerprint density at radius 3 is 1.25 bits per heavy atom. The highest BCUT2D eigenvalue weighted by atomic mass is 32.2. The van der Waals surface area contributed by atoms with Crippen LogP contribution in [0.5, 0.6) is 34.8 Å². The number of hydrogen-bond donors (Lipinski definition) is 4. The maximum atomic E-state index is 13.6. The summed E-state index contributed by atoms with van der Waals surface area (Å²) in [6, 6.07) is 13.6. The highest BCUT2D eigenvalue weighted by Crippen LogP contribution is 2.37. The van der Waals surface area contributed by atoms with Crippen LogP contribution in [0.25, 0.3) is 33.9 Å². The van der Waals surface area contributed by atoms with Crippen molar-refractivity contribution in [1.82, 2.24) is 54.2 Å². The first-order chi connectivity index (χ1) is 39.5. The number of nitrogens with one attached hydrogen (secondary N) is 3. The van der Waals surface area contributed by atoms with E-state index in [9.17, 15) is 62.6 Å². The molecule has 0 aliphatic heterocycles. The van der Waals surface area contributed by atoms with Crippen molar-refractivity contribution in [1.29, 1.82) is 0 Å². The second-order valence-electron chi connectivity index (χ2n) is 17.1. The number of ether oxygens (including phenoxy) is 6. The summed E-state index contributed by atoms with van der Waals surface area (Å²) in [4.78, 5) is 49.7. The first-order valence-electron chi connectivity index (χ1n) is 23.4. The number of sulfonamides is 1. The lowest BCUT2D eigenvalue weighted by atomic mass is 10.1. The number of halogens is 9. The molecule has 1 amide bonds. The average molecular weight is 1210 g/mol. The van der Waals surface area contributed by atoms with E-state index in [-0.39, 0.29) is 68.6 Å². The molecular weight excluding hydrogens is 1160 g/mol. The van der Waals surface area contributed by atoms with Gasteiger partial charge in [-0.15, -0.1) is 0 Å². The van der Waals surface area contributed by atoms with Crippen molar-refractivity contribution in [2.75, 3.05) is 59.0 Å². The molecule has 0 bridgehead atoms. The quantitative estimate of drug-likeness (QED) is 0.0583. The van der Waals surface area contributed by atoms with E-state index in [2.05, 4.69) is 50.7 Å². The first-order valence-corrected chi connectivity index (χ1v) is 25.1. The smallest absolute Gasteiger partial charge is 0.435 e. The number of carboxylic acid groups (broad SMARTS) is 1. The normalized spacial score (nSPS) is 11.7. The van der Waals surface area contributed by atoms with Crippen LogP contribution in [0.4, 0.5) is 62.8 Å². The molecule has 444 valence electrons. The fourth-order valence-electron chi connectivity index (χ4n) is 7.56. The van der Waals surface area contributed by atoms with Gasteiger partial charge >= 0.3 is 24.5 Å². The standard InChI is InChI=1S/C26H23F6N7O6S.C24H21F3N6O5/c1-13-5-20(26(30,31)32)37-39(13)21-19(11-34-24(36-21)35-15-7-16(43-2)9-17(8-15)44-3)14-6-18(23(45-4)33-10-14)22(40)38-46(41,42)12-25(27,28)29;1-12-5-19(24(25,26)27)32-33(12)20-18(13-6-17(22(34)35)21(38-4)28-10-13)11-29-23(31-20)30-14-7-15(36-2)9-16(8-14)37-3/h5-11H,12H2,1-4H3,(H,38,40)(H,34,35,36);5-11H,1-4H3,(H,34,35)(H,29,30,31). The van der Waals surface area contributed by atoms with Crippen molar-refractivity contribution >= 4 is 45.2 Å². The molecule has 4 N–H and O–H groups in total. The maximum Gasteiger partial charge on any atom is 0.435 e. The molecule has 0 aliphatic carbocycles.